The maximum absolute atomic E-state index is 13.7. The molecular formula is C19H15F2NO3. The van der Waals surface area contributed by atoms with Crippen molar-refractivity contribution in [1.82, 2.24) is 4.57 Å². The van der Waals surface area contributed by atoms with Crippen LogP contribution in [0.2, 0.25) is 0 Å². The van der Waals surface area contributed by atoms with Crippen molar-refractivity contribution in [2.45, 2.75) is 13.5 Å². The number of hydrogen-bond donors (Lipinski definition) is 0. The molecule has 0 bridgehead atoms. The highest BCUT2D eigenvalue weighted by Crippen LogP contribution is 2.17. The van der Waals surface area contributed by atoms with Gasteiger partial charge in [-0.3, -0.25) is 4.79 Å². The first kappa shape index (κ1) is 16.8. The van der Waals surface area contributed by atoms with Crippen LogP contribution in [0.1, 0.15) is 22.8 Å². The Morgan fingerprint density at radius 1 is 1.12 bits per heavy atom. The fourth-order valence-corrected chi connectivity index (χ4v) is 2.68. The highest BCUT2D eigenvalue weighted by Gasteiger charge is 2.17. The van der Waals surface area contributed by atoms with Crippen LogP contribution in [0.15, 0.2) is 53.5 Å². The standard InChI is InChI=1S/C19H15F2NO3/c1-2-25-19(24)16-11-22(10-12-4-3-5-13(20)8-12)17-9-14(21)6-7-15(17)18(16)23/h3-9,11H,2,10H2,1H3. The molecule has 0 radical (unpaired) electrons. The van der Waals surface area contributed by atoms with Crippen molar-refractivity contribution in [2.24, 2.45) is 0 Å². The molecule has 1 heterocycles. The minimum absolute atomic E-state index is 0.129. The predicted molar refractivity (Wildman–Crippen MR) is 89.6 cm³/mol. The van der Waals surface area contributed by atoms with Crippen LogP contribution in [0.5, 0.6) is 0 Å². The molecule has 0 saturated carbocycles. The zero-order chi connectivity index (χ0) is 18.0. The average molecular weight is 343 g/mol. The maximum atomic E-state index is 13.7. The van der Waals surface area contributed by atoms with Crippen molar-refractivity contribution in [1.29, 1.82) is 0 Å². The lowest BCUT2D eigenvalue weighted by atomic mass is 10.1. The molecule has 0 N–H and O–H groups in total. The summed E-state index contributed by atoms with van der Waals surface area (Å²) in [4.78, 5) is 24.6. The number of pyridine rings is 1. The van der Waals surface area contributed by atoms with Crippen molar-refractivity contribution in [3.8, 4) is 0 Å². The molecular weight excluding hydrogens is 328 g/mol. The molecule has 3 rings (SSSR count). The molecule has 0 spiro atoms. The van der Waals surface area contributed by atoms with Crippen LogP contribution in [0.3, 0.4) is 0 Å². The van der Waals surface area contributed by atoms with Crippen LogP contribution in [-0.4, -0.2) is 17.1 Å². The second-order valence-corrected chi connectivity index (χ2v) is 5.51. The SMILES string of the molecule is CCOC(=O)c1cn(Cc2cccc(F)c2)c2cc(F)ccc2c1=O. The number of benzene rings is 2. The Balaban J connectivity index is 2.21. The van der Waals surface area contributed by atoms with E-state index in [9.17, 15) is 18.4 Å². The summed E-state index contributed by atoms with van der Waals surface area (Å²) in [5, 5.41) is 0.198. The molecule has 128 valence electrons. The highest BCUT2D eigenvalue weighted by atomic mass is 19.1. The molecule has 0 amide bonds. The van der Waals surface area contributed by atoms with Crippen LogP contribution < -0.4 is 5.43 Å². The van der Waals surface area contributed by atoms with Gasteiger partial charge in [0.1, 0.15) is 17.2 Å². The first-order valence-corrected chi connectivity index (χ1v) is 7.74. The summed E-state index contributed by atoms with van der Waals surface area (Å²) in [5.41, 5.74) is 0.271. The zero-order valence-corrected chi connectivity index (χ0v) is 13.5. The molecule has 4 nitrogen and oxygen atoms in total. The van der Waals surface area contributed by atoms with Gasteiger partial charge in [0.25, 0.3) is 0 Å². The Hall–Kier alpha value is -3.02. The Morgan fingerprint density at radius 2 is 1.88 bits per heavy atom. The van der Waals surface area contributed by atoms with Gasteiger partial charge in [-0.05, 0) is 42.8 Å². The Morgan fingerprint density at radius 3 is 2.60 bits per heavy atom. The third kappa shape index (κ3) is 3.42. The largest absolute Gasteiger partial charge is 0.462 e. The number of nitrogens with zero attached hydrogens (tertiary/aromatic N) is 1. The van der Waals surface area contributed by atoms with Crippen molar-refractivity contribution >= 4 is 16.9 Å². The molecule has 1 aromatic heterocycles. The van der Waals surface area contributed by atoms with Gasteiger partial charge < -0.3 is 9.30 Å². The summed E-state index contributed by atoms with van der Waals surface area (Å²) in [5.74, 6) is -1.66. The summed E-state index contributed by atoms with van der Waals surface area (Å²) in [6.45, 7) is 1.94. The minimum Gasteiger partial charge on any atom is -0.462 e. The minimum atomic E-state index is -0.744. The molecule has 6 heteroatoms. The van der Waals surface area contributed by atoms with Gasteiger partial charge in [0.15, 0.2) is 0 Å². The highest BCUT2D eigenvalue weighted by molar-refractivity contribution is 5.93. The fraction of sp³-hybridized carbons (Fsp3) is 0.158. The third-order valence-electron chi connectivity index (χ3n) is 3.78. The van der Waals surface area contributed by atoms with E-state index in [1.54, 1.807) is 23.6 Å². The molecule has 0 aliphatic rings. The van der Waals surface area contributed by atoms with E-state index in [2.05, 4.69) is 0 Å². The van der Waals surface area contributed by atoms with Gasteiger partial charge in [0, 0.05) is 18.1 Å². The monoisotopic (exact) mass is 343 g/mol. The van der Waals surface area contributed by atoms with Crippen LogP contribution in [0.4, 0.5) is 8.78 Å². The normalized spacial score (nSPS) is 10.8. The van der Waals surface area contributed by atoms with Crippen LogP contribution in [0, 0.1) is 11.6 Å². The Bertz CT molecular complexity index is 1010. The number of halogens is 2. The van der Waals surface area contributed by atoms with E-state index in [0.29, 0.717) is 11.1 Å². The van der Waals surface area contributed by atoms with Crippen LogP contribution in [0.25, 0.3) is 10.9 Å². The molecule has 0 aliphatic carbocycles. The lowest BCUT2D eigenvalue weighted by Gasteiger charge is -2.13. The van der Waals surface area contributed by atoms with Crippen LogP contribution in [-0.2, 0) is 11.3 Å². The number of fused-ring (bicyclic) bond motifs is 1. The van der Waals surface area contributed by atoms with Gasteiger partial charge in [0.05, 0.1) is 12.1 Å². The lowest BCUT2D eigenvalue weighted by Crippen LogP contribution is -2.21. The summed E-state index contributed by atoms with van der Waals surface area (Å²) >= 11 is 0. The summed E-state index contributed by atoms with van der Waals surface area (Å²) < 4.78 is 33.6. The smallest absolute Gasteiger partial charge is 0.343 e. The fourth-order valence-electron chi connectivity index (χ4n) is 2.68. The quantitative estimate of drug-likeness (QED) is 0.681. The molecule has 0 unspecified atom stereocenters. The number of esters is 1. The van der Waals surface area contributed by atoms with Gasteiger partial charge in [-0.15, -0.1) is 0 Å². The number of hydrogen-bond acceptors (Lipinski definition) is 3. The summed E-state index contributed by atoms with van der Waals surface area (Å²) in [6, 6.07) is 9.62. The van der Waals surface area contributed by atoms with E-state index in [1.807, 2.05) is 0 Å². The van der Waals surface area contributed by atoms with Crippen molar-refractivity contribution in [2.75, 3.05) is 6.61 Å². The number of carbonyl (C=O) groups is 1. The second-order valence-electron chi connectivity index (χ2n) is 5.51. The van der Waals surface area contributed by atoms with E-state index in [1.165, 1.54) is 30.5 Å². The maximum Gasteiger partial charge on any atom is 0.343 e. The predicted octanol–water partition coefficient (Wildman–Crippen LogP) is 3.50. The van der Waals surface area contributed by atoms with E-state index in [-0.39, 0.29) is 24.1 Å². The first-order chi connectivity index (χ1) is 12.0. The van der Waals surface area contributed by atoms with Crippen molar-refractivity contribution < 1.29 is 18.3 Å². The first-order valence-electron chi connectivity index (χ1n) is 7.74. The van der Waals surface area contributed by atoms with Gasteiger partial charge in [-0.2, -0.15) is 0 Å². The average Bonchev–Trinajstić information content (AvgIpc) is 2.57. The number of carbonyl (C=O) groups excluding carboxylic acids is 1. The summed E-state index contributed by atoms with van der Waals surface area (Å²) in [6.07, 6.45) is 1.33. The van der Waals surface area contributed by atoms with E-state index in [4.69, 9.17) is 4.74 Å². The lowest BCUT2D eigenvalue weighted by molar-refractivity contribution is 0.0524. The topological polar surface area (TPSA) is 48.3 Å². The van der Waals surface area contributed by atoms with Crippen molar-refractivity contribution in [3.63, 3.8) is 0 Å². The molecule has 0 aliphatic heterocycles. The van der Waals surface area contributed by atoms with Crippen molar-refractivity contribution in [3.05, 3.63) is 81.6 Å². The number of aromatic nitrogens is 1. The summed E-state index contributed by atoms with van der Waals surface area (Å²) in [7, 11) is 0. The molecule has 0 fully saturated rings. The van der Waals surface area contributed by atoms with E-state index >= 15 is 0 Å². The number of ether oxygens (including phenoxy) is 1. The third-order valence-corrected chi connectivity index (χ3v) is 3.78. The van der Waals surface area contributed by atoms with E-state index in [0.717, 1.165) is 6.07 Å². The molecule has 2 aromatic carbocycles. The second kappa shape index (κ2) is 6.84. The van der Waals surface area contributed by atoms with Crippen LogP contribution >= 0.6 is 0 Å². The molecule has 25 heavy (non-hydrogen) atoms. The van der Waals surface area contributed by atoms with Gasteiger partial charge in [0.2, 0.25) is 5.43 Å². The number of rotatable bonds is 4. The van der Waals surface area contributed by atoms with Gasteiger partial charge >= 0.3 is 5.97 Å². The Labute approximate surface area is 142 Å². The Kier molecular flexibility index (Phi) is 4.61. The zero-order valence-electron chi connectivity index (χ0n) is 13.5. The molecule has 0 atom stereocenters. The van der Waals surface area contributed by atoms with E-state index < -0.39 is 23.0 Å². The van der Waals surface area contributed by atoms with Gasteiger partial charge in [-0.25, -0.2) is 13.6 Å². The van der Waals surface area contributed by atoms with Gasteiger partial charge in [-0.1, -0.05) is 12.1 Å². The molecule has 3 aromatic rings. The molecule has 0 saturated heterocycles.